The Bertz CT molecular complexity index is 576. The van der Waals surface area contributed by atoms with E-state index in [1.54, 1.807) is 0 Å². The fraction of sp³-hybridized carbons (Fsp3) is 0.471. The van der Waals surface area contributed by atoms with Crippen molar-refractivity contribution in [3.8, 4) is 0 Å². The molecule has 1 N–H and O–H groups in total. The van der Waals surface area contributed by atoms with Gasteiger partial charge in [-0.1, -0.05) is 37.3 Å². The molecule has 0 saturated carbocycles. The maximum absolute atomic E-state index is 4.57. The van der Waals surface area contributed by atoms with Crippen LogP contribution in [0.25, 0.3) is 0 Å². The van der Waals surface area contributed by atoms with E-state index in [9.17, 15) is 0 Å². The Morgan fingerprint density at radius 2 is 2.10 bits per heavy atom. The monoisotopic (exact) mass is 284 g/mol. The summed E-state index contributed by atoms with van der Waals surface area (Å²) in [6, 6.07) is 11.2. The van der Waals surface area contributed by atoms with Gasteiger partial charge in [0.1, 0.15) is 0 Å². The average Bonchev–Trinajstić information content (AvgIpc) is 2.90. The van der Waals surface area contributed by atoms with Crippen molar-refractivity contribution in [2.45, 2.75) is 25.8 Å². The molecule has 1 saturated heterocycles. The Hall–Kier alpha value is -1.81. The molecule has 4 heteroatoms. The predicted octanol–water partition coefficient (Wildman–Crippen LogP) is 2.00. The van der Waals surface area contributed by atoms with Gasteiger partial charge < -0.3 is 10.2 Å². The zero-order chi connectivity index (χ0) is 14.7. The lowest BCUT2D eigenvalue weighted by Crippen LogP contribution is -2.51. The molecular formula is C17H24N4. The minimum atomic E-state index is 0.506. The number of anilines is 1. The van der Waals surface area contributed by atoms with Crippen LogP contribution in [0.4, 0.5) is 5.69 Å². The third-order valence-electron chi connectivity index (χ3n) is 4.14. The highest BCUT2D eigenvalue weighted by Gasteiger charge is 2.22. The van der Waals surface area contributed by atoms with Crippen LogP contribution >= 0.6 is 0 Å². The number of aryl methyl sites for hydroxylation is 2. The van der Waals surface area contributed by atoms with Crippen molar-refractivity contribution in [1.82, 2.24) is 15.1 Å². The molecule has 0 radical (unpaired) electrons. The van der Waals surface area contributed by atoms with Crippen molar-refractivity contribution in [2.24, 2.45) is 7.05 Å². The van der Waals surface area contributed by atoms with E-state index in [4.69, 9.17) is 0 Å². The van der Waals surface area contributed by atoms with Crippen LogP contribution in [0.1, 0.15) is 18.2 Å². The quantitative estimate of drug-likeness (QED) is 0.932. The summed E-state index contributed by atoms with van der Waals surface area (Å²) in [4.78, 5) is 2.48. The Morgan fingerprint density at radius 1 is 1.29 bits per heavy atom. The molecule has 0 aliphatic carbocycles. The van der Waals surface area contributed by atoms with Crippen molar-refractivity contribution in [3.63, 3.8) is 0 Å². The topological polar surface area (TPSA) is 33.1 Å². The van der Waals surface area contributed by atoms with E-state index in [1.165, 1.54) is 16.9 Å². The molecule has 1 aliphatic heterocycles. The normalized spacial score (nSPS) is 19.0. The summed E-state index contributed by atoms with van der Waals surface area (Å²) in [5.74, 6) is 0. The molecule has 0 bridgehead atoms. The van der Waals surface area contributed by atoms with Gasteiger partial charge in [0.05, 0.1) is 11.4 Å². The van der Waals surface area contributed by atoms with Gasteiger partial charge in [0, 0.05) is 38.9 Å². The molecule has 112 valence electrons. The molecule has 1 aromatic carbocycles. The van der Waals surface area contributed by atoms with Crippen LogP contribution in [0.3, 0.4) is 0 Å². The highest BCUT2D eigenvalue weighted by Crippen LogP contribution is 2.21. The predicted molar refractivity (Wildman–Crippen MR) is 86.7 cm³/mol. The molecule has 1 fully saturated rings. The zero-order valence-electron chi connectivity index (χ0n) is 12.9. The van der Waals surface area contributed by atoms with Gasteiger partial charge in [-0.2, -0.15) is 5.10 Å². The minimum absolute atomic E-state index is 0.506. The standard InChI is InChI=1S/C17H24N4/c1-3-16-17(13-20(2)19-16)21-10-9-18-15(12-21)11-14-7-5-4-6-8-14/h4-8,13,15,18H,3,9-12H2,1-2H3. The SMILES string of the molecule is CCc1nn(C)cc1N1CCNC(Cc2ccccc2)C1. The smallest absolute Gasteiger partial charge is 0.0855 e. The summed E-state index contributed by atoms with van der Waals surface area (Å²) in [6.45, 7) is 5.32. The van der Waals surface area contributed by atoms with Crippen LogP contribution in [0.5, 0.6) is 0 Å². The van der Waals surface area contributed by atoms with Gasteiger partial charge in [-0.3, -0.25) is 4.68 Å². The highest BCUT2D eigenvalue weighted by molar-refractivity contribution is 5.50. The Kier molecular flexibility index (Phi) is 4.25. The van der Waals surface area contributed by atoms with Gasteiger partial charge in [0.25, 0.3) is 0 Å². The lowest BCUT2D eigenvalue weighted by Gasteiger charge is -2.35. The van der Waals surface area contributed by atoms with Crippen molar-refractivity contribution in [3.05, 3.63) is 47.8 Å². The summed E-state index contributed by atoms with van der Waals surface area (Å²) in [5, 5.41) is 8.21. The van der Waals surface area contributed by atoms with Gasteiger partial charge in [0.15, 0.2) is 0 Å². The molecule has 0 amide bonds. The lowest BCUT2D eigenvalue weighted by molar-refractivity contribution is 0.454. The number of benzene rings is 1. The summed E-state index contributed by atoms with van der Waals surface area (Å²) in [5.41, 5.74) is 3.91. The minimum Gasteiger partial charge on any atom is -0.366 e. The fourth-order valence-corrected chi connectivity index (χ4v) is 3.12. The zero-order valence-corrected chi connectivity index (χ0v) is 12.9. The summed E-state index contributed by atoms with van der Waals surface area (Å²) < 4.78 is 1.93. The highest BCUT2D eigenvalue weighted by atomic mass is 15.3. The van der Waals surface area contributed by atoms with Gasteiger partial charge in [-0.05, 0) is 18.4 Å². The summed E-state index contributed by atoms with van der Waals surface area (Å²) in [6.07, 6.45) is 4.23. The number of rotatable bonds is 4. The first-order valence-corrected chi connectivity index (χ1v) is 7.81. The fourth-order valence-electron chi connectivity index (χ4n) is 3.12. The van der Waals surface area contributed by atoms with Crippen LogP contribution < -0.4 is 10.2 Å². The number of hydrogen-bond donors (Lipinski definition) is 1. The van der Waals surface area contributed by atoms with Crippen LogP contribution in [-0.2, 0) is 19.9 Å². The molecular weight excluding hydrogens is 260 g/mol. The summed E-state index contributed by atoms with van der Waals surface area (Å²) >= 11 is 0. The largest absolute Gasteiger partial charge is 0.366 e. The van der Waals surface area contributed by atoms with Crippen LogP contribution in [-0.4, -0.2) is 35.5 Å². The Balaban J connectivity index is 1.70. The molecule has 1 aliphatic rings. The van der Waals surface area contributed by atoms with E-state index in [0.29, 0.717) is 6.04 Å². The second-order valence-electron chi connectivity index (χ2n) is 5.78. The molecule has 3 rings (SSSR count). The van der Waals surface area contributed by atoms with E-state index >= 15 is 0 Å². The van der Waals surface area contributed by atoms with Gasteiger partial charge in [-0.25, -0.2) is 0 Å². The summed E-state index contributed by atoms with van der Waals surface area (Å²) in [7, 11) is 2.01. The molecule has 21 heavy (non-hydrogen) atoms. The maximum atomic E-state index is 4.57. The van der Waals surface area contributed by atoms with Crippen molar-refractivity contribution < 1.29 is 0 Å². The number of aromatic nitrogens is 2. The van der Waals surface area contributed by atoms with Crippen molar-refractivity contribution >= 4 is 5.69 Å². The maximum Gasteiger partial charge on any atom is 0.0855 e. The van der Waals surface area contributed by atoms with Crippen LogP contribution in [0, 0.1) is 0 Å². The van der Waals surface area contributed by atoms with E-state index in [1.807, 2.05) is 11.7 Å². The van der Waals surface area contributed by atoms with Crippen LogP contribution in [0.2, 0.25) is 0 Å². The molecule has 1 atom stereocenters. The molecule has 2 heterocycles. The molecule has 4 nitrogen and oxygen atoms in total. The third kappa shape index (κ3) is 3.27. The number of nitrogens with one attached hydrogen (secondary N) is 1. The van der Waals surface area contributed by atoms with Crippen LogP contribution in [0.15, 0.2) is 36.5 Å². The number of piperazine rings is 1. The third-order valence-corrected chi connectivity index (χ3v) is 4.14. The molecule has 2 aromatic rings. The van der Waals surface area contributed by atoms with Gasteiger partial charge >= 0.3 is 0 Å². The van der Waals surface area contributed by atoms with Gasteiger partial charge in [0.2, 0.25) is 0 Å². The lowest BCUT2D eigenvalue weighted by atomic mass is 10.0. The van der Waals surface area contributed by atoms with Crippen molar-refractivity contribution in [2.75, 3.05) is 24.5 Å². The number of hydrogen-bond acceptors (Lipinski definition) is 3. The van der Waals surface area contributed by atoms with E-state index in [-0.39, 0.29) is 0 Å². The van der Waals surface area contributed by atoms with Gasteiger partial charge in [-0.15, -0.1) is 0 Å². The first-order valence-electron chi connectivity index (χ1n) is 7.81. The first-order chi connectivity index (χ1) is 10.3. The number of nitrogens with zero attached hydrogens (tertiary/aromatic N) is 3. The Labute approximate surface area is 126 Å². The molecule has 1 unspecified atom stereocenters. The second kappa shape index (κ2) is 6.31. The molecule has 0 spiro atoms. The Morgan fingerprint density at radius 3 is 2.86 bits per heavy atom. The van der Waals surface area contributed by atoms with E-state index in [0.717, 1.165) is 32.5 Å². The average molecular weight is 284 g/mol. The molecule has 1 aromatic heterocycles. The van der Waals surface area contributed by atoms with Crippen molar-refractivity contribution in [1.29, 1.82) is 0 Å². The van der Waals surface area contributed by atoms with E-state index in [2.05, 4.69) is 58.8 Å². The second-order valence-corrected chi connectivity index (χ2v) is 5.78. The first kappa shape index (κ1) is 14.1. The van der Waals surface area contributed by atoms with E-state index < -0.39 is 0 Å².